The Bertz CT molecular complexity index is 774. The number of halogens is 3. The first kappa shape index (κ1) is 19.3. The van der Waals surface area contributed by atoms with E-state index in [9.17, 15) is 22.8 Å². The summed E-state index contributed by atoms with van der Waals surface area (Å²) in [5, 5.41) is 5.09. The van der Waals surface area contributed by atoms with Crippen LogP contribution in [0.3, 0.4) is 0 Å². The number of hydrogen-bond donors (Lipinski definition) is 2. The monoisotopic (exact) mass is 366 g/mol. The fourth-order valence-electron chi connectivity index (χ4n) is 2.08. The number of benzene rings is 2. The van der Waals surface area contributed by atoms with Crippen LogP contribution in [0.4, 0.5) is 13.2 Å². The van der Waals surface area contributed by atoms with Gasteiger partial charge in [-0.05, 0) is 35.9 Å². The molecule has 0 aromatic heterocycles. The van der Waals surface area contributed by atoms with Crippen LogP contribution >= 0.6 is 0 Å². The van der Waals surface area contributed by atoms with Gasteiger partial charge in [0.05, 0.1) is 5.56 Å². The SMILES string of the molecule is CNC(=O)c1ccc(CNC(=O)COc2cccc(C(F)(F)F)c2)cc1. The van der Waals surface area contributed by atoms with Gasteiger partial charge in [0.2, 0.25) is 0 Å². The van der Waals surface area contributed by atoms with Crippen molar-refractivity contribution in [1.29, 1.82) is 0 Å². The van der Waals surface area contributed by atoms with Gasteiger partial charge in [-0.15, -0.1) is 0 Å². The predicted molar refractivity (Wildman–Crippen MR) is 88.6 cm³/mol. The molecule has 0 saturated carbocycles. The molecule has 0 aliphatic rings. The largest absolute Gasteiger partial charge is 0.484 e. The fraction of sp³-hybridized carbons (Fsp3) is 0.222. The topological polar surface area (TPSA) is 67.4 Å². The minimum Gasteiger partial charge on any atom is -0.484 e. The second kappa shape index (κ2) is 8.37. The van der Waals surface area contributed by atoms with Gasteiger partial charge in [-0.3, -0.25) is 9.59 Å². The third kappa shape index (κ3) is 5.51. The van der Waals surface area contributed by atoms with Gasteiger partial charge in [0.25, 0.3) is 11.8 Å². The summed E-state index contributed by atoms with van der Waals surface area (Å²) in [6, 6.07) is 11.0. The molecule has 0 saturated heterocycles. The standard InChI is InChI=1S/C18H17F3N2O3/c1-22-17(25)13-7-5-12(6-8-13)10-23-16(24)11-26-15-4-2-3-14(9-15)18(19,20)21/h2-9H,10-11H2,1H3,(H,22,25)(H,23,24). The van der Waals surface area contributed by atoms with Gasteiger partial charge >= 0.3 is 6.18 Å². The molecule has 0 fully saturated rings. The lowest BCUT2D eigenvalue weighted by atomic mass is 10.1. The van der Waals surface area contributed by atoms with E-state index in [-0.39, 0.29) is 18.2 Å². The van der Waals surface area contributed by atoms with Crippen molar-refractivity contribution in [3.05, 3.63) is 65.2 Å². The van der Waals surface area contributed by atoms with Crippen LogP contribution < -0.4 is 15.4 Å². The van der Waals surface area contributed by atoms with Crippen LogP contribution in [-0.2, 0) is 17.5 Å². The van der Waals surface area contributed by atoms with Gasteiger partial charge in [0.1, 0.15) is 5.75 Å². The van der Waals surface area contributed by atoms with Gasteiger partial charge in [-0.25, -0.2) is 0 Å². The Balaban J connectivity index is 1.83. The summed E-state index contributed by atoms with van der Waals surface area (Å²) in [5.41, 5.74) is 0.423. The third-order valence-electron chi connectivity index (χ3n) is 3.46. The number of alkyl halides is 3. The molecule has 2 aromatic carbocycles. The lowest BCUT2D eigenvalue weighted by molar-refractivity contribution is -0.137. The first-order valence-corrected chi connectivity index (χ1v) is 7.67. The molecule has 2 rings (SSSR count). The number of carbonyl (C=O) groups excluding carboxylic acids is 2. The van der Waals surface area contributed by atoms with Crippen molar-refractivity contribution in [2.45, 2.75) is 12.7 Å². The van der Waals surface area contributed by atoms with E-state index in [0.717, 1.165) is 17.7 Å². The number of carbonyl (C=O) groups is 2. The fourth-order valence-corrected chi connectivity index (χ4v) is 2.08. The van der Waals surface area contributed by atoms with E-state index >= 15 is 0 Å². The van der Waals surface area contributed by atoms with Crippen molar-refractivity contribution in [1.82, 2.24) is 10.6 Å². The van der Waals surface area contributed by atoms with Gasteiger partial charge < -0.3 is 15.4 Å². The quantitative estimate of drug-likeness (QED) is 0.826. The molecule has 8 heteroatoms. The normalized spacial score (nSPS) is 10.9. The second-order valence-corrected chi connectivity index (χ2v) is 5.37. The summed E-state index contributed by atoms with van der Waals surface area (Å²) in [6.07, 6.45) is -4.47. The minimum absolute atomic E-state index is 0.0371. The highest BCUT2D eigenvalue weighted by molar-refractivity contribution is 5.93. The smallest absolute Gasteiger partial charge is 0.416 e. The van der Waals surface area contributed by atoms with E-state index in [1.54, 1.807) is 24.3 Å². The lowest BCUT2D eigenvalue weighted by Crippen LogP contribution is -2.28. The molecular formula is C18H17F3N2O3. The summed E-state index contributed by atoms with van der Waals surface area (Å²) in [7, 11) is 1.53. The van der Waals surface area contributed by atoms with E-state index in [4.69, 9.17) is 4.74 Å². The summed E-state index contributed by atoms with van der Waals surface area (Å²) in [5.74, 6) is -0.724. The highest BCUT2D eigenvalue weighted by Gasteiger charge is 2.30. The zero-order chi connectivity index (χ0) is 19.2. The summed E-state index contributed by atoms with van der Waals surface area (Å²) < 4.78 is 42.9. The highest BCUT2D eigenvalue weighted by Crippen LogP contribution is 2.31. The molecule has 138 valence electrons. The first-order valence-electron chi connectivity index (χ1n) is 7.67. The molecule has 0 heterocycles. The van der Waals surface area contributed by atoms with Crippen LogP contribution in [0.25, 0.3) is 0 Å². The van der Waals surface area contributed by atoms with Gasteiger partial charge in [-0.1, -0.05) is 18.2 Å². The van der Waals surface area contributed by atoms with Gasteiger partial charge in [0.15, 0.2) is 6.61 Å². The Labute approximate surface area is 148 Å². The molecule has 2 N–H and O–H groups in total. The molecule has 26 heavy (non-hydrogen) atoms. The van der Waals surface area contributed by atoms with Crippen molar-refractivity contribution in [2.24, 2.45) is 0 Å². The Morgan fingerprint density at radius 2 is 1.77 bits per heavy atom. The van der Waals surface area contributed by atoms with Crippen LogP contribution in [0, 0.1) is 0 Å². The van der Waals surface area contributed by atoms with Crippen molar-refractivity contribution in [3.63, 3.8) is 0 Å². The molecular weight excluding hydrogens is 349 g/mol. The van der Waals surface area contributed by atoms with E-state index < -0.39 is 24.3 Å². The highest BCUT2D eigenvalue weighted by atomic mass is 19.4. The Kier molecular flexibility index (Phi) is 6.21. The molecule has 0 atom stereocenters. The predicted octanol–water partition coefficient (Wildman–Crippen LogP) is 2.76. The number of hydrogen-bond acceptors (Lipinski definition) is 3. The number of amides is 2. The summed E-state index contributed by atoms with van der Waals surface area (Å²) in [6.45, 7) is -0.198. The molecule has 0 aliphatic heterocycles. The van der Waals surface area contributed by atoms with Gasteiger partial charge in [0, 0.05) is 19.2 Å². The van der Waals surface area contributed by atoms with Crippen LogP contribution in [0.5, 0.6) is 5.75 Å². The van der Waals surface area contributed by atoms with E-state index in [1.807, 2.05) is 0 Å². The van der Waals surface area contributed by atoms with Gasteiger partial charge in [-0.2, -0.15) is 13.2 Å². The lowest BCUT2D eigenvalue weighted by Gasteiger charge is -2.10. The average molecular weight is 366 g/mol. The second-order valence-electron chi connectivity index (χ2n) is 5.37. The van der Waals surface area contributed by atoms with Crippen molar-refractivity contribution in [3.8, 4) is 5.75 Å². The molecule has 2 aromatic rings. The molecule has 0 bridgehead atoms. The molecule has 0 unspecified atom stereocenters. The number of rotatable bonds is 6. The van der Waals surface area contributed by atoms with Crippen LogP contribution in [0.1, 0.15) is 21.5 Å². The third-order valence-corrected chi connectivity index (χ3v) is 3.46. The summed E-state index contributed by atoms with van der Waals surface area (Å²) >= 11 is 0. The maximum atomic E-state index is 12.6. The maximum absolute atomic E-state index is 12.6. The molecule has 2 amide bonds. The maximum Gasteiger partial charge on any atom is 0.416 e. The van der Waals surface area contributed by atoms with E-state index in [0.29, 0.717) is 5.56 Å². The zero-order valence-electron chi connectivity index (χ0n) is 13.9. The minimum atomic E-state index is -4.47. The Morgan fingerprint density at radius 3 is 2.38 bits per heavy atom. The molecule has 0 aliphatic carbocycles. The van der Waals surface area contributed by atoms with E-state index in [2.05, 4.69) is 10.6 Å². The van der Waals surface area contributed by atoms with Crippen molar-refractivity contribution >= 4 is 11.8 Å². The van der Waals surface area contributed by atoms with Crippen molar-refractivity contribution in [2.75, 3.05) is 13.7 Å². The van der Waals surface area contributed by atoms with Crippen LogP contribution in [0.15, 0.2) is 48.5 Å². The van der Waals surface area contributed by atoms with Crippen molar-refractivity contribution < 1.29 is 27.5 Å². The molecule has 0 radical (unpaired) electrons. The molecule has 5 nitrogen and oxygen atoms in total. The zero-order valence-corrected chi connectivity index (χ0v) is 13.9. The first-order chi connectivity index (χ1) is 12.3. The number of ether oxygens (including phenoxy) is 1. The van der Waals surface area contributed by atoms with E-state index in [1.165, 1.54) is 19.2 Å². The summed E-state index contributed by atoms with van der Waals surface area (Å²) in [4.78, 5) is 23.2. The van der Waals surface area contributed by atoms with Crippen LogP contribution in [0.2, 0.25) is 0 Å². The Hall–Kier alpha value is -3.03. The Morgan fingerprint density at radius 1 is 1.08 bits per heavy atom. The molecule has 0 spiro atoms. The van der Waals surface area contributed by atoms with Crippen LogP contribution in [-0.4, -0.2) is 25.5 Å². The average Bonchev–Trinajstić information content (AvgIpc) is 2.64. The number of nitrogens with one attached hydrogen (secondary N) is 2.